The van der Waals surface area contributed by atoms with Crippen molar-refractivity contribution in [3.8, 4) is 0 Å². The maximum absolute atomic E-state index is 12.1. The van der Waals surface area contributed by atoms with Gasteiger partial charge in [-0.1, -0.05) is 38.2 Å². The molecule has 0 aromatic heterocycles. The molecular formula is C26H44O9. The Labute approximate surface area is 208 Å². The van der Waals surface area contributed by atoms with Gasteiger partial charge in [-0.3, -0.25) is 4.79 Å². The van der Waals surface area contributed by atoms with Gasteiger partial charge in [0.25, 0.3) is 0 Å². The Morgan fingerprint density at radius 3 is 2.40 bits per heavy atom. The zero-order valence-electron chi connectivity index (χ0n) is 21.3. The van der Waals surface area contributed by atoms with E-state index in [0.29, 0.717) is 32.5 Å². The fraction of sp³-hybridized carbons (Fsp3) is 0.846. The van der Waals surface area contributed by atoms with Crippen molar-refractivity contribution in [1.29, 1.82) is 0 Å². The van der Waals surface area contributed by atoms with Gasteiger partial charge in [-0.05, 0) is 39.5 Å². The number of aliphatic hydroxyl groups excluding tert-OH is 3. The van der Waals surface area contributed by atoms with Crippen molar-refractivity contribution in [2.24, 2.45) is 11.8 Å². The number of carbonyl (C=O) groups is 2. The van der Waals surface area contributed by atoms with Crippen molar-refractivity contribution in [1.82, 2.24) is 0 Å². The van der Waals surface area contributed by atoms with E-state index in [0.717, 1.165) is 37.7 Å². The largest absolute Gasteiger partial charge is 0.481 e. The number of esters is 1. The fourth-order valence-electron chi connectivity index (χ4n) is 4.85. The average molecular weight is 501 g/mol. The van der Waals surface area contributed by atoms with E-state index < -0.39 is 48.6 Å². The van der Waals surface area contributed by atoms with Gasteiger partial charge < -0.3 is 34.6 Å². The van der Waals surface area contributed by atoms with Gasteiger partial charge in [0.15, 0.2) is 0 Å². The molecule has 9 nitrogen and oxygen atoms in total. The van der Waals surface area contributed by atoms with Crippen LogP contribution in [0.25, 0.3) is 0 Å². The van der Waals surface area contributed by atoms with Crippen LogP contribution in [-0.2, 0) is 23.8 Å². The molecule has 8 atom stereocenters. The van der Waals surface area contributed by atoms with Gasteiger partial charge in [0, 0.05) is 24.3 Å². The molecule has 0 unspecified atom stereocenters. The summed E-state index contributed by atoms with van der Waals surface area (Å²) < 4.78 is 17.2. The third kappa shape index (κ3) is 9.80. The Morgan fingerprint density at radius 1 is 1.09 bits per heavy atom. The van der Waals surface area contributed by atoms with Crippen LogP contribution >= 0.6 is 0 Å². The Balaban J connectivity index is 1.71. The predicted octanol–water partition coefficient (Wildman–Crippen LogP) is 2.59. The molecule has 0 aromatic carbocycles. The van der Waals surface area contributed by atoms with Crippen molar-refractivity contribution < 1.29 is 44.2 Å². The number of carboxylic acid groups (broad SMARTS) is 1. The van der Waals surface area contributed by atoms with Crippen LogP contribution in [0.15, 0.2) is 11.6 Å². The number of hydrogen-bond acceptors (Lipinski definition) is 8. The Bertz CT molecular complexity index is 692. The smallest absolute Gasteiger partial charge is 0.330 e. The molecule has 35 heavy (non-hydrogen) atoms. The molecule has 0 aliphatic carbocycles. The van der Waals surface area contributed by atoms with Gasteiger partial charge in [-0.15, -0.1) is 0 Å². The van der Waals surface area contributed by atoms with Gasteiger partial charge in [0.05, 0.1) is 43.7 Å². The van der Waals surface area contributed by atoms with Gasteiger partial charge in [-0.25, -0.2) is 4.79 Å². The Hall–Kier alpha value is -1.52. The molecule has 2 rings (SSSR count). The van der Waals surface area contributed by atoms with Crippen LogP contribution in [0.4, 0.5) is 0 Å². The number of carbonyl (C=O) groups excluding carboxylic acids is 1. The molecular weight excluding hydrogens is 456 g/mol. The molecule has 0 bridgehead atoms. The van der Waals surface area contributed by atoms with Crippen LogP contribution in [-0.4, -0.2) is 82.2 Å². The Kier molecular flexibility index (Phi) is 12.6. The maximum Gasteiger partial charge on any atom is 0.330 e. The molecule has 2 saturated heterocycles. The van der Waals surface area contributed by atoms with Gasteiger partial charge in [-0.2, -0.15) is 0 Å². The monoisotopic (exact) mass is 500 g/mol. The van der Waals surface area contributed by atoms with Crippen molar-refractivity contribution >= 4 is 11.9 Å². The van der Waals surface area contributed by atoms with Crippen LogP contribution < -0.4 is 0 Å². The second-order valence-corrected chi connectivity index (χ2v) is 10.2. The molecule has 9 heteroatoms. The number of hydrogen-bond donors (Lipinski definition) is 4. The standard InChI is InChI=1S/C26H44O9/c1-16(13-23(31)33-11-9-7-5-4-6-8-10-22(29)30)12-21-24(32)26-19(15-34-21)14-20(28)25(35-26)17(2)18(3)27/h13,17-21,24-28,32H,4-12,14-15H2,1-3H3,(H,29,30)/b16-13+/t17-,18-,19-,20-,21-,24-,25+,26+/m0/s1. The first kappa shape index (κ1) is 29.7. The van der Waals surface area contributed by atoms with Crippen LogP contribution in [0.2, 0.25) is 0 Å². The third-order valence-electron chi connectivity index (χ3n) is 7.14. The quantitative estimate of drug-likeness (QED) is 0.161. The number of fused-ring (bicyclic) bond motifs is 1. The minimum Gasteiger partial charge on any atom is -0.481 e. The topological polar surface area (TPSA) is 143 Å². The number of ether oxygens (including phenoxy) is 3. The van der Waals surface area contributed by atoms with Crippen LogP contribution in [0.1, 0.15) is 78.6 Å². The highest BCUT2D eigenvalue weighted by atomic mass is 16.6. The number of aliphatic carboxylic acids is 1. The van der Waals surface area contributed by atoms with E-state index in [2.05, 4.69) is 0 Å². The van der Waals surface area contributed by atoms with E-state index in [-0.39, 0.29) is 18.3 Å². The minimum absolute atomic E-state index is 0.125. The third-order valence-corrected chi connectivity index (χ3v) is 7.14. The SMILES string of the molecule is C/C(=C\C(=O)OCCCCCCCCC(=O)O)C[C@@H]1OC[C@@H]2C[C@H](O)[C@@H]([C@@H](C)[C@H](C)O)O[C@H]2[C@H]1O. The highest BCUT2D eigenvalue weighted by Crippen LogP contribution is 2.37. The molecule has 0 amide bonds. The second kappa shape index (κ2) is 14.9. The maximum atomic E-state index is 12.1. The summed E-state index contributed by atoms with van der Waals surface area (Å²) in [5.74, 6) is -1.57. The lowest BCUT2D eigenvalue weighted by atomic mass is 9.80. The summed E-state index contributed by atoms with van der Waals surface area (Å²) in [5, 5.41) is 39.9. The highest BCUT2D eigenvalue weighted by molar-refractivity contribution is 5.82. The molecule has 0 saturated carbocycles. The fourth-order valence-corrected chi connectivity index (χ4v) is 4.85. The molecule has 4 N–H and O–H groups in total. The minimum atomic E-state index is -0.903. The van der Waals surface area contributed by atoms with Crippen molar-refractivity contribution in [3.63, 3.8) is 0 Å². The highest BCUT2D eigenvalue weighted by Gasteiger charge is 2.48. The summed E-state index contributed by atoms with van der Waals surface area (Å²) in [6.07, 6.45) is 3.86. The lowest BCUT2D eigenvalue weighted by Crippen LogP contribution is -2.59. The summed E-state index contributed by atoms with van der Waals surface area (Å²) in [5.41, 5.74) is 0.737. The molecule has 0 spiro atoms. The number of unbranched alkanes of at least 4 members (excludes halogenated alkanes) is 5. The lowest BCUT2D eigenvalue weighted by molar-refractivity contribution is -0.252. The van der Waals surface area contributed by atoms with Crippen molar-refractivity contribution in [2.75, 3.05) is 13.2 Å². The van der Waals surface area contributed by atoms with E-state index >= 15 is 0 Å². The first-order valence-electron chi connectivity index (χ1n) is 13.0. The number of rotatable bonds is 14. The summed E-state index contributed by atoms with van der Waals surface area (Å²) in [6, 6.07) is 0. The first-order chi connectivity index (χ1) is 16.6. The molecule has 2 aliphatic rings. The average Bonchev–Trinajstić information content (AvgIpc) is 2.78. The predicted molar refractivity (Wildman–Crippen MR) is 129 cm³/mol. The normalized spacial score (nSPS) is 30.9. The van der Waals surface area contributed by atoms with E-state index in [1.165, 1.54) is 6.08 Å². The number of carboxylic acids is 1. The molecule has 2 fully saturated rings. The molecule has 202 valence electrons. The van der Waals surface area contributed by atoms with Crippen LogP contribution in [0.3, 0.4) is 0 Å². The van der Waals surface area contributed by atoms with Gasteiger partial charge in [0.2, 0.25) is 0 Å². The first-order valence-corrected chi connectivity index (χ1v) is 13.0. The van der Waals surface area contributed by atoms with Crippen molar-refractivity contribution in [3.05, 3.63) is 11.6 Å². The van der Waals surface area contributed by atoms with Crippen LogP contribution in [0, 0.1) is 11.8 Å². The zero-order valence-corrected chi connectivity index (χ0v) is 21.3. The zero-order chi connectivity index (χ0) is 26.0. The second-order valence-electron chi connectivity index (χ2n) is 10.2. The van der Waals surface area contributed by atoms with Gasteiger partial charge >= 0.3 is 11.9 Å². The lowest BCUT2D eigenvalue weighted by Gasteiger charge is -2.48. The van der Waals surface area contributed by atoms with E-state index in [1.54, 1.807) is 13.8 Å². The molecule has 2 aliphatic heterocycles. The van der Waals surface area contributed by atoms with Crippen molar-refractivity contribution in [2.45, 2.75) is 115 Å². The molecule has 0 radical (unpaired) electrons. The summed E-state index contributed by atoms with van der Waals surface area (Å²) in [7, 11) is 0. The summed E-state index contributed by atoms with van der Waals surface area (Å²) in [6.45, 7) is 5.97. The van der Waals surface area contributed by atoms with Gasteiger partial charge in [0.1, 0.15) is 6.10 Å². The summed E-state index contributed by atoms with van der Waals surface area (Å²) in [4.78, 5) is 22.6. The van der Waals surface area contributed by atoms with E-state index in [1.807, 2.05) is 6.92 Å². The molecule has 2 heterocycles. The Morgan fingerprint density at radius 2 is 1.74 bits per heavy atom. The molecule has 0 aromatic rings. The summed E-state index contributed by atoms with van der Waals surface area (Å²) >= 11 is 0. The van der Waals surface area contributed by atoms with E-state index in [9.17, 15) is 24.9 Å². The van der Waals surface area contributed by atoms with Crippen LogP contribution in [0.5, 0.6) is 0 Å². The van der Waals surface area contributed by atoms with E-state index in [4.69, 9.17) is 19.3 Å². The number of aliphatic hydroxyl groups is 3.